The van der Waals surface area contributed by atoms with Crippen LogP contribution in [0, 0.1) is 11.3 Å². The number of benzene rings is 1. The molecule has 0 N–H and O–H groups in total. The summed E-state index contributed by atoms with van der Waals surface area (Å²) in [5.74, 6) is 0. The van der Waals surface area contributed by atoms with E-state index < -0.39 is 0 Å². The summed E-state index contributed by atoms with van der Waals surface area (Å²) in [6.07, 6.45) is 3.89. The third-order valence-corrected chi connectivity index (χ3v) is 4.42. The fraction of sp³-hybridized carbons (Fsp3) is 0.133. The quantitative estimate of drug-likeness (QED) is 0.545. The lowest BCUT2D eigenvalue weighted by Crippen LogP contribution is -1.98. The van der Waals surface area contributed by atoms with Crippen LogP contribution in [0.2, 0.25) is 0 Å². The number of nitrogens with zero attached hydrogens (tertiary/aromatic N) is 4. The van der Waals surface area contributed by atoms with Crippen LogP contribution in [0.3, 0.4) is 0 Å². The second-order valence-electron chi connectivity index (χ2n) is 4.28. The molecule has 2 heterocycles. The molecule has 3 aromatic rings. The Morgan fingerprint density at radius 2 is 1.90 bits per heavy atom. The van der Waals surface area contributed by atoms with Crippen molar-refractivity contribution in [1.82, 2.24) is 14.6 Å². The van der Waals surface area contributed by atoms with Gasteiger partial charge in [0.05, 0.1) is 5.69 Å². The summed E-state index contributed by atoms with van der Waals surface area (Å²) in [6.45, 7) is 0. The van der Waals surface area contributed by atoms with Gasteiger partial charge >= 0.3 is 0 Å². The van der Waals surface area contributed by atoms with E-state index in [0.29, 0.717) is 16.2 Å². The number of thioether (sulfide) groups is 2. The van der Waals surface area contributed by atoms with E-state index in [1.807, 2.05) is 48.9 Å². The van der Waals surface area contributed by atoms with Gasteiger partial charge in [-0.15, -0.1) is 23.5 Å². The first kappa shape index (κ1) is 14.0. The van der Waals surface area contributed by atoms with Crippen LogP contribution in [0.25, 0.3) is 16.9 Å². The molecule has 0 amide bonds. The van der Waals surface area contributed by atoms with E-state index in [4.69, 9.17) is 0 Å². The predicted molar refractivity (Wildman–Crippen MR) is 86.7 cm³/mol. The molecule has 0 radical (unpaired) electrons. The molecule has 3 rings (SSSR count). The highest BCUT2D eigenvalue weighted by Crippen LogP contribution is 2.29. The molecule has 0 saturated carbocycles. The van der Waals surface area contributed by atoms with Gasteiger partial charge in [0.1, 0.15) is 21.7 Å². The number of aromatic nitrogens is 3. The Morgan fingerprint density at radius 3 is 2.52 bits per heavy atom. The minimum Gasteiger partial charge on any atom is -0.221 e. The maximum Gasteiger partial charge on any atom is 0.175 e. The fourth-order valence-electron chi connectivity index (χ4n) is 2.14. The Bertz CT molecular complexity index is 834. The lowest BCUT2D eigenvalue weighted by atomic mass is 10.1. The van der Waals surface area contributed by atoms with E-state index in [1.165, 1.54) is 11.8 Å². The standard InChI is InChI=1S/C15H12N4S2/c1-20-13-8-12(10-6-4-3-5-7-10)19-14(17-13)11(9-16)15(18-19)21-2/h3-8H,1-2H3. The smallest absolute Gasteiger partial charge is 0.175 e. The van der Waals surface area contributed by atoms with Gasteiger partial charge in [0.2, 0.25) is 0 Å². The van der Waals surface area contributed by atoms with Crippen molar-refractivity contribution in [3.05, 3.63) is 42.0 Å². The molecule has 0 aliphatic rings. The maximum absolute atomic E-state index is 9.40. The van der Waals surface area contributed by atoms with Gasteiger partial charge < -0.3 is 0 Å². The maximum atomic E-state index is 9.40. The molecule has 0 spiro atoms. The summed E-state index contributed by atoms with van der Waals surface area (Å²) in [7, 11) is 0. The molecule has 0 fully saturated rings. The van der Waals surface area contributed by atoms with Gasteiger partial charge in [0.25, 0.3) is 0 Å². The van der Waals surface area contributed by atoms with E-state index in [0.717, 1.165) is 16.3 Å². The number of hydrogen-bond donors (Lipinski definition) is 0. The monoisotopic (exact) mass is 312 g/mol. The van der Waals surface area contributed by atoms with Gasteiger partial charge in [-0.3, -0.25) is 0 Å². The summed E-state index contributed by atoms with van der Waals surface area (Å²) in [5, 5.41) is 15.5. The zero-order chi connectivity index (χ0) is 14.8. The molecule has 0 atom stereocenters. The van der Waals surface area contributed by atoms with Crippen LogP contribution in [0.4, 0.5) is 0 Å². The highest BCUT2D eigenvalue weighted by atomic mass is 32.2. The highest BCUT2D eigenvalue weighted by molar-refractivity contribution is 7.98. The average Bonchev–Trinajstić information content (AvgIpc) is 2.92. The van der Waals surface area contributed by atoms with Crippen LogP contribution >= 0.6 is 23.5 Å². The Morgan fingerprint density at radius 1 is 1.14 bits per heavy atom. The minimum absolute atomic E-state index is 0.538. The largest absolute Gasteiger partial charge is 0.221 e. The number of nitriles is 1. The third-order valence-electron chi connectivity index (χ3n) is 3.12. The Hall–Kier alpha value is -1.97. The average molecular weight is 312 g/mol. The van der Waals surface area contributed by atoms with Gasteiger partial charge in [0.15, 0.2) is 5.65 Å². The lowest BCUT2D eigenvalue weighted by molar-refractivity contribution is 0.882. The van der Waals surface area contributed by atoms with Crippen LogP contribution in [-0.4, -0.2) is 27.1 Å². The fourth-order valence-corrected chi connectivity index (χ4v) is 3.05. The molecular formula is C15H12N4S2. The predicted octanol–water partition coefficient (Wildman–Crippen LogP) is 3.71. The molecule has 4 nitrogen and oxygen atoms in total. The number of hydrogen-bond acceptors (Lipinski definition) is 5. The van der Waals surface area contributed by atoms with Gasteiger partial charge in [0, 0.05) is 5.56 Å². The van der Waals surface area contributed by atoms with Crippen molar-refractivity contribution in [2.45, 2.75) is 10.1 Å². The van der Waals surface area contributed by atoms with Gasteiger partial charge in [-0.05, 0) is 18.6 Å². The van der Waals surface area contributed by atoms with E-state index in [9.17, 15) is 5.26 Å². The molecular weight excluding hydrogens is 300 g/mol. The first-order valence-electron chi connectivity index (χ1n) is 6.25. The van der Waals surface area contributed by atoms with Crippen LogP contribution in [0.5, 0.6) is 0 Å². The molecule has 1 aromatic carbocycles. The molecule has 0 aliphatic heterocycles. The summed E-state index contributed by atoms with van der Waals surface area (Å²) in [5.41, 5.74) is 3.16. The summed E-state index contributed by atoms with van der Waals surface area (Å²) in [6, 6.07) is 14.3. The first-order chi connectivity index (χ1) is 10.3. The molecule has 0 unspecified atom stereocenters. The van der Waals surface area contributed by atoms with Crippen molar-refractivity contribution in [3.63, 3.8) is 0 Å². The van der Waals surface area contributed by atoms with Crippen LogP contribution in [0.15, 0.2) is 46.5 Å². The van der Waals surface area contributed by atoms with Crippen molar-refractivity contribution in [2.75, 3.05) is 12.5 Å². The van der Waals surface area contributed by atoms with Gasteiger partial charge in [-0.25, -0.2) is 9.50 Å². The Balaban J connectivity index is 2.39. The summed E-state index contributed by atoms with van der Waals surface area (Å²) >= 11 is 3.02. The van der Waals surface area contributed by atoms with Crippen molar-refractivity contribution in [2.24, 2.45) is 0 Å². The van der Waals surface area contributed by atoms with Crippen molar-refractivity contribution >= 4 is 29.2 Å². The summed E-state index contributed by atoms with van der Waals surface area (Å²) in [4.78, 5) is 4.55. The molecule has 2 aromatic heterocycles. The lowest BCUT2D eigenvalue weighted by Gasteiger charge is -2.06. The van der Waals surface area contributed by atoms with Crippen molar-refractivity contribution in [1.29, 1.82) is 5.26 Å². The SMILES string of the molecule is CSc1cc(-c2ccccc2)n2nc(SC)c(C#N)c2n1. The van der Waals surface area contributed by atoms with Gasteiger partial charge in [-0.1, -0.05) is 30.3 Å². The molecule has 21 heavy (non-hydrogen) atoms. The topological polar surface area (TPSA) is 54.0 Å². The highest BCUT2D eigenvalue weighted by Gasteiger charge is 2.17. The van der Waals surface area contributed by atoms with E-state index in [-0.39, 0.29) is 0 Å². The van der Waals surface area contributed by atoms with E-state index in [2.05, 4.69) is 16.2 Å². The van der Waals surface area contributed by atoms with E-state index in [1.54, 1.807) is 16.3 Å². The zero-order valence-corrected chi connectivity index (χ0v) is 13.2. The third kappa shape index (κ3) is 2.39. The minimum atomic E-state index is 0.538. The molecule has 6 heteroatoms. The van der Waals surface area contributed by atoms with Crippen LogP contribution in [-0.2, 0) is 0 Å². The second-order valence-corrected chi connectivity index (χ2v) is 5.90. The zero-order valence-electron chi connectivity index (χ0n) is 11.6. The molecule has 104 valence electrons. The van der Waals surface area contributed by atoms with Crippen molar-refractivity contribution in [3.8, 4) is 17.3 Å². The number of fused-ring (bicyclic) bond motifs is 1. The van der Waals surface area contributed by atoms with Gasteiger partial charge in [-0.2, -0.15) is 10.4 Å². The Labute approximate surface area is 131 Å². The molecule has 0 saturated heterocycles. The molecule has 0 bridgehead atoms. The second kappa shape index (κ2) is 5.80. The van der Waals surface area contributed by atoms with E-state index >= 15 is 0 Å². The number of rotatable bonds is 3. The Kier molecular flexibility index (Phi) is 3.86. The summed E-state index contributed by atoms with van der Waals surface area (Å²) < 4.78 is 1.76. The van der Waals surface area contributed by atoms with Crippen molar-refractivity contribution < 1.29 is 0 Å². The first-order valence-corrected chi connectivity index (χ1v) is 8.70. The molecule has 0 aliphatic carbocycles. The van der Waals surface area contributed by atoms with Crippen LogP contribution < -0.4 is 0 Å². The van der Waals surface area contributed by atoms with Crippen LogP contribution in [0.1, 0.15) is 5.56 Å². The normalized spacial score (nSPS) is 10.7.